The maximum Gasteiger partial charge on any atom is 0.243 e. The molecule has 0 bridgehead atoms. The molecule has 3 amide bonds. The SMILES string of the molecule is Cc1cc(C)c(NC(=O)CNC(=O)[C@H]2CC(=O)N(c3cccc4ccccc34)C2)c(C)c1. The van der Waals surface area contributed by atoms with Crippen LogP contribution < -0.4 is 15.5 Å². The zero-order valence-corrected chi connectivity index (χ0v) is 18.6. The molecule has 1 saturated heterocycles. The third-order valence-electron chi connectivity index (χ3n) is 5.92. The molecular weight excluding hydrogens is 402 g/mol. The van der Waals surface area contributed by atoms with Crippen LogP contribution >= 0.6 is 0 Å². The summed E-state index contributed by atoms with van der Waals surface area (Å²) in [5.41, 5.74) is 4.68. The van der Waals surface area contributed by atoms with E-state index in [4.69, 9.17) is 0 Å². The number of benzene rings is 3. The lowest BCUT2D eigenvalue weighted by molar-refractivity contribution is -0.127. The predicted octanol–water partition coefficient (Wildman–Crippen LogP) is 3.87. The number of hydrogen-bond donors (Lipinski definition) is 2. The second kappa shape index (κ2) is 8.83. The van der Waals surface area contributed by atoms with E-state index < -0.39 is 5.92 Å². The topological polar surface area (TPSA) is 78.5 Å². The summed E-state index contributed by atoms with van der Waals surface area (Å²) in [6.07, 6.45) is 0.132. The van der Waals surface area contributed by atoms with E-state index in [0.29, 0.717) is 6.54 Å². The first-order chi connectivity index (χ1) is 15.3. The molecule has 2 N–H and O–H groups in total. The summed E-state index contributed by atoms with van der Waals surface area (Å²) in [4.78, 5) is 39.5. The first-order valence-electron chi connectivity index (χ1n) is 10.8. The molecule has 1 aliphatic rings. The number of fused-ring (bicyclic) bond motifs is 1. The van der Waals surface area contributed by atoms with Gasteiger partial charge in [-0.05, 0) is 43.4 Å². The number of amides is 3. The van der Waals surface area contributed by atoms with Gasteiger partial charge in [-0.15, -0.1) is 0 Å². The molecule has 0 aromatic heterocycles. The molecule has 1 aliphatic heterocycles. The van der Waals surface area contributed by atoms with Gasteiger partial charge in [-0.3, -0.25) is 14.4 Å². The van der Waals surface area contributed by atoms with Gasteiger partial charge in [-0.2, -0.15) is 0 Å². The molecule has 0 unspecified atom stereocenters. The fraction of sp³-hybridized carbons (Fsp3) is 0.269. The summed E-state index contributed by atoms with van der Waals surface area (Å²) >= 11 is 0. The van der Waals surface area contributed by atoms with E-state index in [1.165, 1.54) is 0 Å². The Morgan fingerprint density at radius 1 is 1.00 bits per heavy atom. The number of nitrogens with one attached hydrogen (secondary N) is 2. The number of carbonyl (C=O) groups excluding carboxylic acids is 3. The standard InChI is InChI=1S/C26H27N3O3/c1-16-11-17(2)25(18(3)12-16)28-23(30)14-27-26(32)20-13-24(31)29(15-20)22-10-6-8-19-7-4-5-9-21(19)22/h4-12,20H,13-15H2,1-3H3,(H,27,32)(H,28,30)/t20-/m0/s1. The van der Waals surface area contributed by atoms with E-state index in [1.807, 2.05) is 75.4 Å². The molecule has 0 saturated carbocycles. The fourth-order valence-corrected chi connectivity index (χ4v) is 4.43. The summed E-state index contributed by atoms with van der Waals surface area (Å²) < 4.78 is 0. The summed E-state index contributed by atoms with van der Waals surface area (Å²) in [5, 5.41) is 7.60. The van der Waals surface area contributed by atoms with Gasteiger partial charge in [0.1, 0.15) is 0 Å². The smallest absolute Gasteiger partial charge is 0.243 e. The van der Waals surface area contributed by atoms with Crippen LogP contribution in [-0.2, 0) is 14.4 Å². The van der Waals surface area contributed by atoms with E-state index in [9.17, 15) is 14.4 Å². The van der Waals surface area contributed by atoms with Gasteiger partial charge in [0.2, 0.25) is 17.7 Å². The lowest BCUT2D eigenvalue weighted by Gasteiger charge is -2.19. The lowest BCUT2D eigenvalue weighted by atomic mass is 10.1. The van der Waals surface area contributed by atoms with Crippen LogP contribution in [-0.4, -0.2) is 30.8 Å². The Hall–Kier alpha value is -3.67. The zero-order chi connectivity index (χ0) is 22.8. The van der Waals surface area contributed by atoms with Crippen LogP contribution in [0.1, 0.15) is 23.1 Å². The molecule has 0 aliphatic carbocycles. The van der Waals surface area contributed by atoms with Gasteiger partial charge < -0.3 is 15.5 Å². The van der Waals surface area contributed by atoms with Crippen LogP contribution in [0.15, 0.2) is 54.6 Å². The molecule has 0 radical (unpaired) electrons. The van der Waals surface area contributed by atoms with Gasteiger partial charge in [0.15, 0.2) is 0 Å². The van der Waals surface area contributed by atoms with Crippen molar-refractivity contribution in [2.75, 3.05) is 23.3 Å². The average molecular weight is 430 g/mol. The van der Waals surface area contributed by atoms with Gasteiger partial charge in [-0.1, -0.05) is 54.1 Å². The van der Waals surface area contributed by atoms with Gasteiger partial charge in [0.05, 0.1) is 18.2 Å². The highest BCUT2D eigenvalue weighted by Gasteiger charge is 2.35. The number of carbonyl (C=O) groups is 3. The van der Waals surface area contributed by atoms with Crippen molar-refractivity contribution in [1.82, 2.24) is 5.32 Å². The molecule has 4 rings (SSSR count). The first-order valence-corrected chi connectivity index (χ1v) is 10.8. The number of anilines is 2. The molecule has 164 valence electrons. The summed E-state index contributed by atoms with van der Waals surface area (Å²) in [6, 6.07) is 17.7. The average Bonchev–Trinajstić information content (AvgIpc) is 3.15. The second-order valence-electron chi connectivity index (χ2n) is 8.44. The van der Waals surface area contributed by atoms with E-state index >= 15 is 0 Å². The van der Waals surface area contributed by atoms with Crippen molar-refractivity contribution >= 4 is 39.9 Å². The number of nitrogens with zero attached hydrogens (tertiary/aromatic N) is 1. The molecule has 0 spiro atoms. The zero-order valence-electron chi connectivity index (χ0n) is 18.6. The third-order valence-corrected chi connectivity index (χ3v) is 5.92. The number of hydrogen-bond acceptors (Lipinski definition) is 3. The Balaban J connectivity index is 1.39. The molecule has 1 heterocycles. The van der Waals surface area contributed by atoms with Crippen LogP contribution in [0, 0.1) is 26.7 Å². The van der Waals surface area contributed by atoms with Crippen molar-refractivity contribution in [3.8, 4) is 0 Å². The normalized spacial score (nSPS) is 15.8. The quantitative estimate of drug-likeness (QED) is 0.646. The van der Waals surface area contributed by atoms with E-state index in [2.05, 4.69) is 10.6 Å². The molecular formula is C26H27N3O3. The minimum absolute atomic E-state index is 0.0862. The number of rotatable bonds is 5. The molecule has 6 heteroatoms. The molecule has 3 aromatic rings. The van der Waals surface area contributed by atoms with Crippen LogP contribution in [0.5, 0.6) is 0 Å². The Morgan fingerprint density at radius 2 is 1.69 bits per heavy atom. The van der Waals surface area contributed by atoms with Crippen LogP contribution in [0.25, 0.3) is 10.8 Å². The number of aryl methyl sites for hydroxylation is 3. The molecule has 3 aromatic carbocycles. The maximum atomic E-state index is 12.7. The Bertz CT molecular complexity index is 1190. The van der Waals surface area contributed by atoms with Gasteiger partial charge in [0.25, 0.3) is 0 Å². The largest absolute Gasteiger partial charge is 0.347 e. The highest BCUT2D eigenvalue weighted by Crippen LogP contribution is 2.31. The molecule has 1 fully saturated rings. The van der Waals surface area contributed by atoms with Gasteiger partial charge in [0, 0.05) is 24.0 Å². The minimum Gasteiger partial charge on any atom is -0.347 e. The molecule has 6 nitrogen and oxygen atoms in total. The van der Waals surface area contributed by atoms with Crippen molar-refractivity contribution in [3.05, 3.63) is 71.3 Å². The first kappa shape index (κ1) is 21.6. The van der Waals surface area contributed by atoms with E-state index in [-0.39, 0.29) is 30.7 Å². The van der Waals surface area contributed by atoms with Crippen molar-refractivity contribution in [2.45, 2.75) is 27.2 Å². The fourth-order valence-electron chi connectivity index (χ4n) is 4.43. The Kier molecular flexibility index (Phi) is 5.95. The predicted molar refractivity (Wildman–Crippen MR) is 127 cm³/mol. The summed E-state index contributed by atoms with van der Waals surface area (Å²) in [7, 11) is 0. The van der Waals surface area contributed by atoms with E-state index in [1.54, 1.807) is 4.90 Å². The monoisotopic (exact) mass is 429 g/mol. The van der Waals surface area contributed by atoms with Gasteiger partial charge >= 0.3 is 0 Å². The van der Waals surface area contributed by atoms with Crippen LogP contribution in [0.4, 0.5) is 11.4 Å². The highest BCUT2D eigenvalue weighted by molar-refractivity contribution is 6.07. The third kappa shape index (κ3) is 4.35. The van der Waals surface area contributed by atoms with Crippen molar-refractivity contribution in [1.29, 1.82) is 0 Å². The molecule has 32 heavy (non-hydrogen) atoms. The van der Waals surface area contributed by atoms with Gasteiger partial charge in [-0.25, -0.2) is 0 Å². The maximum absolute atomic E-state index is 12.7. The lowest BCUT2D eigenvalue weighted by Crippen LogP contribution is -2.38. The van der Waals surface area contributed by atoms with Crippen molar-refractivity contribution in [2.24, 2.45) is 5.92 Å². The van der Waals surface area contributed by atoms with Crippen molar-refractivity contribution < 1.29 is 14.4 Å². The molecule has 1 atom stereocenters. The Labute approximate surface area is 187 Å². The second-order valence-corrected chi connectivity index (χ2v) is 8.44. The highest BCUT2D eigenvalue weighted by atomic mass is 16.2. The van der Waals surface area contributed by atoms with Crippen molar-refractivity contribution in [3.63, 3.8) is 0 Å². The Morgan fingerprint density at radius 3 is 2.44 bits per heavy atom. The van der Waals surface area contributed by atoms with E-state index in [0.717, 1.165) is 38.8 Å². The van der Waals surface area contributed by atoms with Crippen LogP contribution in [0.2, 0.25) is 0 Å². The minimum atomic E-state index is -0.489. The van der Waals surface area contributed by atoms with Crippen LogP contribution in [0.3, 0.4) is 0 Å². The summed E-state index contributed by atoms with van der Waals surface area (Å²) in [6.45, 7) is 6.07. The summed E-state index contributed by atoms with van der Waals surface area (Å²) in [5.74, 6) is -1.15.